The van der Waals surface area contributed by atoms with Crippen LogP contribution in [0, 0.1) is 5.92 Å². The summed E-state index contributed by atoms with van der Waals surface area (Å²) in [6, 6.07) is 17.9. The van der Waals surface area contributed by atoms with Crippen molar-refractivity contribution in [3.8, 4) is 17.4 Å². The molecular formula is C35H43N5O5. The minimum Gasteiger partial charge on any atom is -0.497 e. The fourth-order valence-electron chi connectivity index (χ4n) is 5.33. The molecule has 10 nitrogen and oxygen atoms in total. The fourth-order valence-corrected chi connectivity index (χ4v) is 5.33. The Bertz CT molecular complexity index is 1600. The predicted molar refractivity (Wildman–Crippen MR) is 176 cm³/mol. The molecule has 2 N–H and O–H groups in total. The van der Waals surface area contributed by atoms with Gasteiger partial charge in [0.25, 0.3) is 0 Å². The van der Waals surface area contributed by atoms with Crippen molar-refractivity contribution in [3.63, 3.8) is 0 Å². The number of methoxy groups -OCH3 is 2. The van der Waals surface area contributed by atoms with Crippen molar-refractivity contribution in [2.24, 2.45) is 5.92 Å². The van der Waals surface area contributed by atoms with Gasteiger partial charge in [0.1, 0.15) is 22.9 Å². The van der Waals surface area contributed by atoms with Crippen LogP contribution in [-0.4, -0.2) is 60.5 Å². The molecule has 1 aliphatic heterocycles. The van der Waals surface area contributed by atoms with Gasteiger partial charge in [0, 0.05) is 72.7 Å². The Labute approximate surface area is 265 Å². The van der Waals surface area contributed by atoms with E-state index in [1.54, 1.807) is 25.3 Å². The average molecular weight is 614 g/mol. The second-order valence-electron chi connectivity index (χ2n) is 12.2. The third-order valence-electron chi connectivity index (χ3n) is 7.76. The number of carbonyl (C=O) groups excluding carboxylic acids is 1. The molecule has 238 valence electrons. The summed E-state index contributed by atoms with van der Waals surface area (Å²) in [5.41, 5.74) is 2.60. The summed E-state index contributed by atoms with van der Waals surface area (Å²) in [6.45, 7) is 8.75. The van der Waals surface area contributed by atoms with E-state index in [1.807, 2.05) is 69.4 Å². The zero-order chi connectivity index (χ0) is 31.8. The first kappa shape index (κ1) is 31.7. The summed E-state index contributed by atoms with van der Waals surface area (Å²) >= 11 is 0. The van der Waals surface area contributed by atoms with Crippen molar-refractivity contribution in [2.75, 3.05) is 44.5 Å². The summed E-state index contributed by atoms with van der Waals surface area (Å²) in [4.78, 5) is 23.2. The van der Waals surface area contributed by atoms with Crippen LogP contribution < -0.4 is 24.8 Å². The summed E-state index contributed by atoms with van der Waals surface area (Å²) in [6.07, 6.45) is 5.10. The largest absolute Gasteiger partial charge is 0.497 e. The van der Waals surface area contributed by atoms with Gasteiger partial charge in [-0.25, -0.2) is 14.8 Å². The van der Waals surface area contributed by atoms with E-state index in [1.165, 1.54) is 0 Å². The minimum absolute atomic E-state index is 0.243. The number of hydrogen-bond acceptors (Lipinski definition) is 9. The summed E-state index contributed by atoms with van der Waals surface area (Å²) in [5, 5.41) is 9.14. The highest BCUT2D eigenvalue weighted by atomic mass is 16.6. The molecule has 0 atom stereocenters. The Morgan fingerprint density at radius 3 is 2.47 bits per heavy atom. The molecule has 45 heavy (non-hydrogen) atoms. The molecule has 3 heterocycles. The summed E-state index contributed by atoms with van der Waals surface area (Å²) in [7, 11) is 3.30. The van der Waals surface area contributed by atoms with Crippen LogP contribution in [0.25, 0.3) is 10.8 Å². The molecule has 0 radical (unpaired) electrons. The minimum atomic E-state index is -0.485. The maximum Gasteiger partial charge on any atom is 0.410 e. The van der Waals surface area contributed by atoms with Gasteiger partial charge < -0.3 is 34.5 Å². The lowest BCUT2D eigenvalue weighted by atomic mass is 9.98. The fraction of sp³-hybridized carbons (Fsp3) is 0.400. The van der Waals surface area contributed by atoms with E-state index in [4.69, 9.17) is 18.9 Å². The van der Waals surface area contributed by atoms with Crippen molar-refractivity contribution in [1.82, 2.24) is 14.9 Å². The zero-order valence-electron chi connectivity index (χ0n) is 26.8. The molecular weight excluding hydrogens is 570 g/mol. The van der Waals surface area contributed by atoms with Crippen LogP contribution in [0.3, 0.4) is 0 Å². The Hall–Kier alpha value is -4.73. The maximum absolute atomic E-state index is 12.4. The Kier molecular flexibility index (Phi) is 10.1. The molecule has 0 saturated carbocycles. The third-order valence-corrected chi connectivity index (χ3v) is 7.76. The Morgan fingerprint density at radius 2 is 1.71 bits per heavy atom. The van der Waals surface area contributed by atoms with E-state index in [2.05, 4.69) is 32.7 Å². The van der Waals surface area contributed by atoms with Gasteiger partial charge in [0.2, 0.25) is 5.88 Å². The van der Waals surface area contributed by atoms with Crippen LogP contribution in [0.15, 0.2) is 67.0 Å². The number of carbonyl (C=O) groups is 1. The van der Waals surface area contributed by atoms with Gasteiger partial charge >= 0.3 is 6.09 Å². The van der Waals surface area contributed by atoms with Gasteiger partial charge in [-0.1, -0.05) is 12.1 Å². The highest BCUT2D eigenvalue weighted by Gasteiger charge is 2.27. The molecule has 0 bridgehead atoms. The van der Waals surface area contributed by atoms with Crippen molar-refractivity contribution in [2.45, 2.75) is 52.3 Å². The molecule has 0 aliphatic carbocycles. The number of amides is 1. The molecule has 0 unspecified atom stereocenters. The van der Waals surface area contributed by atoms with E-state index in [0.717, 1.165) is 57.7 Å². The summed E-state index contributed by atoms with van der Waals surface area (Å²) in [5.74, 6) is 3.27. The first-order valence-corrected chi connectivity index (χ1v) is 15.3. The van der Waals surface area contributed by atoms with Crippen LogP contribution in [0.5, 0.6) is 17.4 Å². The predicted octanol–water partition coefficient (Wildman–Crippen LogP) is 6.90. The molecule has 0 spiro atoms. The van der Waals surface area contributed by atoms with Crippen molar-refractivity contribution in [3.05, 3.63) is 78.1 Å². The molecule has 2 aromatic carbocycles. The van der Waals surface area contributed by atoms with Gasteiger partial charge in [0.05, 0.1) is 20.8 Å². The van der Waals surface area contributed by atoms with Crippen molar-refractivity contribution in [1.29, 1.82) is 0 Å². The van der Waals surface area contributed by atoms with E-state index in [0.29, 0.717) is 44.6 Å². The first-order valence-electron chi connectivity index (χ1n) is 15.3. The standard InChI is InChI=1S/C35H43N5O5/c1-35(2,3)45-34(41)40-17-13-24(14-18-40)23-44-32-19-25(11-15-36-32)21-38-30-8-6-7-29-28(30)12-16-37-33(29)39-22-26-9-10-27(42-4)20-31(26)43-5/h6-12,15-16,19-20,24,38H,13-14,17-18,21-23H2,1-5H3,(H,37,39). The number of nitrogens with one attached hydrogen (secondary N) is 2. The molecule has 5 rings (SSSR count). The number of aromatic nitrogens is 2. The molecule has 1 saturated heterocycles. The van der Waals surface area contributed by atoms with Crippen molar-refractivity contribution >= 4 is 28.4 Å². The number of anilines is 2. The van der Waals surface area contributed by atoms with E-state index in [-0.39, 0.29) is 6.09 Å². The van der Waals surface area contributed by atoms with Gasteiger partial charge in [-0.05, 0) is 75.4 Å². The number of benzene rings is 2. The second kappa shape index (κ2) is 14.4. The van der Waals surface area contributed by atoms with Crippen LogP contribution >= 0.6 is 0 Å². The number of nitrogens with zero attached hydrogens (tertiary/aromatic N) is 3. The van der Waals surface area contributed by atoms with Crippen LogP contribution in [0.2, 0.25) is 0 Å². The lowest BCUT2D eigenvalue weighted by Crippen LogP contribution is -2.42. The highest BCUT2D eigenvalue weighted by molar-refractivity contribution is 5.99. The maximum atomic E-state index is 12.4. The van der Waals surface area contributed by atoms with Crippen LogP contribution in [0.1, 0.15) is 44.7 Å². The van der Waals surface area contributed by atoms with Crippen LogP contribution in [-0.2, 0) is 17.8 Å². The Morgan fingerprint density at radius 1 is 0.911 bits per heavy atom. The number of rotatable bonds is 11. The average Bonchev–Trinajstić information content (AvgIpc) is 3.05. The highest BCUT2D eigenvalue weighted by Crippen LogP contribution is 2.30. The SMILES string of the molecule is COc1ccc(CNc2nccc3c(NCc4ccnc(OCC5CCN(C(=O)OC(C)(C)C)CC5)c4)cccc23)c(OC)c1. The molecule has 4 aromatic rings. The molecule has 1 aliphatic rings. The van der Waals surface area contributed by atoms with Gasteiger partial charge in [-0.15, -0.1) is 0 Å². The van der Waals surface area contributed by atoms with E-state index >= 15 is 0 Å². The number of pyridine rings is 2. The smallest absolute Gasteiger partial charge is 0.410 e. The molecule has 2 aromatic heterocycles. The van der Waals surface area contributed by atoms with Crippen LogP contribution in [0.4, 0.5) is 16.3 Å². The lowest BCUT2D eigenvalue weighted by molar-refractivity contribution is 0.0164. The first-order chi connectivity index (χ1) is 21.7. The third kappa shape index (κ3) is 8.47. The molecule has 10 heteroatoms. The van der Waals surface area contributed by atoms with Gasteiger partial charge in [-0.2, -0.15) is 0 Å². The molecule has 1 fully saturated rings. The topological polar surface area (TPSA) is 107 Å². The number of ether oxygens (including phenoxy) is 4. The zero-order valence-corrected chi connectivity index (χ0v) is 26.8. The van der Waals surface area contributed by atoms with E-state index < -0.39 is 5.60 Å². The number of fused-ring (bicyclic) bond motifs is 1. The number of piperidine rings is 1. The van der Waals surface area contributed by atoms with Crippen molar-refractivity contribution < 1.29 is 23.7 Å². The Balaban J connectivity index is 1.16. The monoisotopic (exact) mass is 613 g/mol. The normalized spacial score (nSPS) is 13.8. The second-order valence-corrected chi connectivity index (χ2v) is 12.2. The quantitative estimate of drug-likeness (QED) is 0.187. The van der Waals surface area contributed by atoms with Gasteiger partial charge in [-0.3, -0.25) is 0 Å². The number of hydrogen-bond donors (Lipinski definition) is 2. The van der Waals surface area contributed by atoms with Gasteiger partial charge in [0.15, 0.2) is 0 Å². The van der Waals surface area contributed by atoms with E-state index in [9.17, 15) is 4.79 Å². The lowest BCUT2D eigenvalue weighted by Gasteiger charge is -2.33. The number of likely N-dealkylation sites (tertiary alicyclic amines) is 1. The summed E-state index contributed by atoms with van der Waals surface area (Å²) < 4.78 is 22.5. The molecule has 1 amide bonds.